The third-order valence-electron chi connectivity index (χ3n) is 10.4. The van der Waals surface area contributed by atoms with Gasteiger partial charge in [0.2, 0.25) is 0 Å². The summed E-state index contributed by atoms with van der Waals surface area (Å²) in [5.41, 5.74) is 5.34. The second-order valence-corrected chi connectivity index (χ2v) is 17.7. The molecular formula is C48H88NO10P. The van der Waals surface area contributed by atoms with Gasteiger partial charge < -0.3 is 25.2 Å². The Kier molecular flexibility index (Phi) is 41.7. The maximum atomic E-state index is 12.7. The number of carboxylic acids is 1. The number of esters is 2. The standard InChI is InChI=1S/C48H88NO10P/c1-3-5-7-9-11-13-15-17-19-21-22-24-25-27-29-31-33-35-37-39-46(50)56-41-44(42-57-60(54,55)58-43-45(49)48(52)53)59-47(51)40-38-36-34-32-30-28-26-23-20-18-16-14-12-10-8-6-4-2/h11,13-14,16-17,19,44-45H,3-10,12,15,18,20-43,49H2,1-2H3,(H,52,53)(H,54,55)/b13-11+,16-14+,19-17+/t44-,45+/m1/s1. The van der Waals surface area contributed by atoms with Crippen LogP contribution in [0.1, 0.15) is 219 Å². The van der Waals surface area contributed by atoms with E-state index in [1.54, 1.807) is 0 Å². The third kappa shape index (κ3) is 42.4. The van der Waals surface area contributed by atoms with E-state index >= 15 is 0 Å². The first-order chi connectivity index (χ1) is 29.1. The normalized spacial score (nSPS) is 13.9. The van der Waals surface area contributed by atoms with Crippen molar-refractivity contribution in [2.75, 3.05) is 19.8 Å². The van der Waals surface area contributed by atoms with Crippen LogP contribution in [0, 0.1) is 0 Å². The highest BCUT2D eigenvalue weighted by molar-refractivity contribution is 7.47. The smallest absolute Gasteiger partial charge is 0.472 e. The van der Waals surface area contributed by atoms with Gasteiger partial charge in [0.05, 0.1) is 13.2 Å². The van der Waals surface area contributed by atoms with Crippen molar-refractivity contribution in [3.8, 4) is 0 Å². The summed E-state index contributed by atoms with van der Waals surface area (Å²) in [7, 11) is -4.72. The molecule has 11 nitrogen and oxygen atoms in total. The van der Waals surface area contributed by atoms with Crippen LogP contribution < -0.4 is 5.73 Å². The van der Waals surface area contributed by atoms with Gasteiger partial charge in [0.15, 0.2) is 6.10 Å². The highest BCUT2D eigenvalue weighted by Crippen LogP contribution is 2.43. The van der Waals surface area contributed by atoms with E-state index in [1.165, 1.54) is 128 Å². The zero-order valence-corrected chi connectivity index (χ0v) is 38.9. The molecule has 0 spiro atoms. The molecule has 0 saturated heterocycles. The van der Waals surface area contributed by atoms with Gasteiger partial charge in [0, 0.05) is 12.8 Å². The number of phosphoric acid groups is 1. The van der Waals surface area contributed by atoms with Crippen LogP contribution in [0.2, 0.25) is 0 Å². The van der Waals surface area contributed by atoms with Crippen LogP contribution in [0.5, 0.6) is 0 Å². The van der Waals surface area contributed by atoms with Crippen LogP contribution in [0.15, 0.2) is 36.5 Å². The molecule has 0 fully saturated rings. The number of allylic oxidation sites excluding steroid dienone is 6. The van der Waals surface area contributed by atoms with Crippen molar-refractivity contribution in [1.29, 1.82) is 0 Å². The summed E-state index contributed by atoms with van der Waals surface area (Å²) in [6.07, 6.45) is 47.7. The lowest BCUT2D eigenvalue weighted by Crippen LogP contribution is -2.34. The molecule has 0 aromatic heterocycles. The molecular weight excluding hydrogens is 781 g/mol. The Bertz CT molecular complexity index is 1160. The Morgan fingerprint density at radius 3 is 1.35 bits per heavy atom. The molecule has 1 unspecified atom stereocenters. The van der Waals surface area contributed by atoms with Crippen molar-refractivity contribution < 1.29 is 47.5 Å². The van der Waals surface area contributed by atoms with E-state index in [4.69, 9.17) is 24.8 Å². The molecule has 0 amide bonds. The van der Waals surface area contributed by atoms with E-state index in [1.807, 2.05) is 0 Å². The van der Waals surface area contributed by atoms with Crippen LogP contribution in [-0.2, 0) is 37.5 Å². The molecule has 0 aliphatic heterocycles. The fraction of sp³-hybridized carbons (Fsp3) is 0.812. The summed E-state index contributed by atoms with van der Waals surface area (Å²) in [5.74, 6) is -2.38. The van der Waals surface area contributed by atoms with Crippen molar-refractivity contribution in [2.45, 2.75) is 231 Å². The Morgan fingerprint density at radius 1 is 0.517 bits per heavy atom. The van der Waals surface area contributed by atoms with Gasteiger partial charge in [-0.1, -0.05) is 172 Å². The first kappa shape index (κ1) is 57.7. The van der Waals surface area contributed by atoms with Gasteiger partial charge in [-0.05, 0) is 70.6 Å². The van der Waals surface area contributed by atoms with Crippen molar-refractivity contribution in [3.63, 3.8) is 0 Å². The molecule has 0 heterocycles. The first-order valence-corrected chi connectivity index (χ1v) is 25.5. The summed E-state index contributed by atoms with van der Waals surface area (Å²) in [5, 5.41) is 8.91. The monoisotopic (exact) mass is 870 g/mol. The Morgan fingerprint density at radius 2 is 0.883 bits per heavy atom. The molecule has 0 rings (SSSR count). The summed E-state index contributed by atoms with van der Waals surface area (Å²) >= 11 is 0. The van der Waals surface area contributed by atoms with E-state index in [-0.39, 0.29) is 19.4 Å². The summed E-state index contributed by atoms with van der Waals surface area (Å²) in [4.78, 5) is 46.1. The van der Waals surface area contributed by atoms with E-state index in [0.717, 1.165) is 51.4 Å². The van der Waals surface area contributed by atoms with Crippen LogP contribution >= 0.6 is 7.82 Å². The van der Waals surface area contributed by atoms with Gasteiger partial charge in [0.25, 0.3) is 0 Å². The lowest BCUT2D eigenvalue weighted by atomic mass is 10.1. The van der Waals surface area contributed by atoms with Gasteiger partial charge >= 0.3 is 25.7 Å². The number of rotatable bonds is 45. The van der Waals surface area contributed by atoms with Crippen LogP contribution in [0.3, 0.4) is 0 Å². The lowest BCUT2D eigenvalue weighted by Gasteiger charge is -2.20. The first-order valence-electron chi connectivity index (χ1n) is 24.0. The molecule has 60 heavy (non-hydrogen) atoms. The number of carbonyl (C=O) groups excluding carboxylic acids is 2. The fourth-order valence-corrected chi connectivity index (χ4v) is 7.34. The Hall–Kier alpha value is -2.30. The average Bonchev–Trinajstić information content (AvgIpc) is 3.22. The molecule has 350 valence electrons. The van der Waals surface area contributed by atoms with Crippen molar-refractivity contribution in [3.05, 3.63) is 36.5 Å². The van der Waals surface area contributed by atoms with Crippen molar-refractivity contribution in [2.24, 2.45) is 5.73 Å². The zero-order chi connectivity index (χ0) is 44.2. The molecule has 0 saturated carbocycles. The maximum absolute atomic E-state index is 12.7. The highest BCUT2D eigenvalue weighted by Gasteiger charge is 2.28. The third-order valence-corrected chi connectivity index (χ3v) is 11.3. The summed E-state index contributed by atoms with van der Waals surface area (Å²) in [6.45, 7) is 2.78. The van der Waals surface area contributed by atoms with E-state index in [9.17, 15) is 23.8 Å². The number of hydrogen-bond acceptors (Lipinski definition) is 9. The van der Waals surface area contributed by atoms with Gasteiger partial charge in [0.1, 0.15) is 12.6 Å². The number of carboxylic acid groups (broad SMARTS) is 1. The predicted molar refractivity (Wildman–Crippen MR) is 245 cm³/mol. The molecule has 0 bridgehead atoms. The summed E-state index contributed by atoms with van der Waals surface area (Å²) in [6, 6.07) is -1.52. The Balaban J connectivity index is 4.29. The quantitative estimate of drug-likeness (QED) is 0.0230. The highest BCUT2D eigenvalue weighted by atomic mass is 31.2. The molecule has 0 radical (unpaired) electrons. The number of hydrogen-bond donors (Lipinski definition) is 3. The summed E-state index contributed by atoms with van der Waals surface area (Å²) < 4.78 is 32.8. The minimum Gasteiger partial charge on any atom is -0.480 e. The maximum Gasteiger partial charge on any atom is 0.472 e. The topological polar surface area (TPSA) is 172 Å². The second kappa shape index (κ2) is 43.4. The number of nitrogens with two attached hydrogens (primary N) is 1. The van der Waals surface area contributed by atoms with Crippen LogP contribution in [0.25, 0.3) is 0 Å². The largest absolute Gasteiger partial charge is 0.480 e. The average molecular weight is 870 g/mol. The number of ether oxygens (including phenoxy) is 2. The minimum absolute atomic E-state index is 0.159. The minimum atomic E-state index is -4.72. The van der Waals surface area contributed by atoms with Gasteiger partial charge in [-0.3, -0.25) is 23.4 Å². The van der Waals surface area contributed by atoms with Gasteiger partial charge in [-0.25, -0.2) is 4.57 Å². The van der Waals surface area contributed by atoms with Crippen molar-refractivity contribution in [1.82, 2.24) is 0 Å². The number of carbonyl (C=O) groups is 3. The fourth-order valence-electron chi connectivity index (χ4n) is 6.56. The lowest BCUT2D eigenvalue weighted by molar-refractivity contribution is -0.161. The second-order valence-electron chi connectivity index (χ2n) is 16.2. The predicted octanol–water partition coefficient (Wildman–Crippen LogP) is 13.2. The van der Waals surface area contributed by atoms with E-state index in [0.29, 0.717) is 12.8 Å². The van der Waals surface area contributed by atoms with E-state index in [2.05, 4.69) is 54.8 Å². The van der Waals surface area contributed by atoms with Crippen molar-refractivity contribution >= 4 is 25.7 Å². The van der Waals surface area contributed by atoms with Gasteiger partial charge in [-0.2, -0.15) is 0 Å². The Labute approximate surface area is 365 Å². The molecule has 3 atom stereocenters. The van der Waals surface area contributed by atoms with Crippen LogP contribution in [-0.4, -0.2) is 59.9 Å². The van der Waals surface area contributed by atoms with Crippen LogP contribution in [0.4, 0.5) is 0 Å². The number of unbranched alkanes of at least 4 members (excludes halogenated alkanes) is 25. The molecule has 0 aliphatic carbocycles. The number of phosphoric ester groups is 1. The number of aliphatic carboxylic acids is 1. The molecule has 0 aliphatic rings. The molecule has 0 aromatic carbocycles. The van der Waals surface area contributed by atoms with E-state index < -0.39 is 51.1 Å². The molecule has 0 aromatic rings. The molecule has 12 heteroatoms. The zero-order valence-electron chi connectivity index (χ0n) is 38.1. The van der Waals surface area contributed by atoms with Gasteiger partial charge in [-0.15, -0.1) is 0 Å². The SMILES string of the molecule is CCCCC/C=C/C/C=C/CCCCCCCCCCCC(=O)OC[C@H](COP(=O)(O)OC[C@H](N)C(=O)O)OC(=O)CCCCCCCCCCC/C=C/CCCCCC. The molecule has 4 N–H and O–H groups in total.